The average molecular weight is 410 g/mol. The molecule has 0 spiro atoms. The normalized spacial score (nSPS) is 12.4. The molecule has 3 heterocycles. The number of nitrogens with zero attached hydrogens (tertiary/aromatic N) is 3. The minimum atomic E-state index is -0.0843. The highest BCUT2D eigenvalue weighted by Crippen LogP contribution is 2.28. The van der Waals surface area contributed by atoms with E-state index in [-0.39, 0.29) is 11.9 Å². The number of fused-ring (bicyclic) bond motifs is 5. The van der Waals surface area contributed by atoms with Gasteiger partial charge in [0.2, 0.25) is 0 Å². The van der Waals surface area contributed by atoms with Gasteiger partial charge in [0.05, 0.1) is 31.9 Å². The van der Waals surface area contributed by atoms with Crippen LogP contribution in [0.5, 0.6) is 0 Å². The van der Waals surface area contributed by atoms with Gasteiger partial charge in [-0.3, -0.25) is 9.69 Å². The quantitative estimate of drug-likeness (QED) is 0.447. The number of pyridine rings is 2. The van der Waals surface area contributed by atoms with Gasteiger partial charge in [-0.1, -0.05) is 54.6 Å². The highest BCUT2D eigenvalue weighted by molar-refractivity contribution is 6.09. The Kier molecular flexibility index (Phi) is 4.59. The van der Waals surface area contributed by atoms with E-state index in [0.29, 0.717) is 5.56 Å². The molecule has 0 bridgehead atoms. The summed E-state index contributed by atoms with van der Waals surface area (Å²) in [6.45, 7) is 2.01. The molecule has 154 valence electrons. The van der Waals surface area contributed by atoms with Crippen molar-refractivity contribution in [3.8, 4) is 0 Å². The maximum Gasteiger partial charge on any atom is 0.369 e. The van der Waals surface area contributed by atoms with Crippen LogP contribution >= 0.6 is 0 Å². The molecule has 1 amide bonds. The zero-order chi connectivity index (χ0) is 21.5. The van der Waals surface area contributed by atoms with Crippen LogP contribution in [0.15, 0.2) is 85.1 Å². The van der Waals surface area contributed by atoms with E-state index in [9.17, 15) is 4.79 Å². The molecule has 0 aliphatic heterocycles. The summed E-state index contributed by atoms with van der Waals surface area (Å²) in [5, 5.41) is 4.11. The van der Waals surface area contributed by atoms with Crippen molar-refractivity contribution in [2.45, 2.75) is 13.0 Å². The zero-order valence-electron chi connectivity index (χ0n) is 17.9. The summed E-state index contributed by atoms with van der Waals surface area (Å²) >= 11 is 0. The Labute approximate surface area is 181 Å². The van der Waals surface area contributed by atoms with Crippen LogP contribution < -0.4 is 14.6 Å². The Balaban J connectivity index is 1.74. The van der Waals surface area contributed by atoms with Gasteiger partial charge in [-0.2, -0.15) is 4.40 Å². The van der Waals surface area contributed by atoms with Crippen molar-refractivity contribution >= 4 is 33.8 Å². The maximum atomic E-state index is 13.4. The van der Waals surface area contributed by atoms with E-state index in [4.69, 9.17) is 0 Å². The highest BCUT2D eigenvalue weighted by Gasteiger charge is 2.26. The number of anilines is 1. The second-order valence-electron chi connectivity index (χ2n) is 8.05. The number of nitrogens with one attached hydrogen (secondary N) is 1. The molecule has 0 aliphatic carbocycles. The minimum Gasteiger partial charge on any atom is -0.345 e. The van der Waals surface area contributed by atoms with Crippen LogP contribution in [-0.4, -0.2) is 24.4 Å². The van der Waals surface area contributed by atoms with Gasteiger partial charge in [0, 0.05) is 5.39 Å². The van der Waals surface area contributed by atoms with Gasteiger partial charge in [-0.05, 0) is 36.8 Å². The number of carbonyl (C=O) groups is 1. The standard InChI is InChI=1S/C26H24N4O/c1-18(19-11-5-4-6-12-19)27-25(31)21-17-24-23-15-9-10-16-29(23)26(28(2)3)30(24)22-14-8-7-13-20(21)22/h4-18H,1-3H3/p+1/t18-/m1/s1. The lowest BCUT2D eigenvalue weighted by Crippen LogP contribution is -2.29. The van der Waals surface area contributed by atoms with Crippen LogP contribution in [0.2, 0.25) is 0 Å². The summed E-state index contributed by atoms with van der Waals surface area (Å²) in [6, 6.07) is 26.2. The lowest BCUT2D eigenvalue weighted by atomic mass is 10.0. The van der Waals surface area contributed by atoms with E-state index >= 15 is 0 Å². The number of hydrogen-bond acceptors (Lipinski definition) is 2. The Morgan fingerprint density at radius 1 is 0.935 bits per heavy atom. The third-order valence-corrected chi connectivity index (χ3v) is 5.79. The van der Waals surface area contributed by atoms with Crippen molar-refractivity contribution in [1.82, 2.24) is 9.72 Å². The van der Waals surface area contributed by atoms with E-state index < -0.39 is 0 Å². The minimum absolute atomic E-state index is 0.0725. The Bertz CT molecular complexity index is 1420. The SMILES string of the molecule is C[C@@H](NC(=O)c1cc2c3cccc[n+]3c(N(C)C)n2c2ccccc12)c1ccccc1. The number of carbonyl (C=O) groups excluding carboxylic acids is 1. The van der Waals surface area contributed by atoms with Gasteiger partial charge in [-0.25, -0.2) is 4.40 Å². The van der Waals surface area contributed by atoms with Crippen molar-refractivity contribution in [2.24, 2.45) is 0 Å². The molecule has 5 heteroatoms. The molecule has 0 saturated heterocycles. The summed E-state index contributed by atoms with van der Waals surface area (Å²) in [5.74, 6) is 0.961. The Morgan fingerprint density at radius 3 is 2.42 bits per heavy atom. The van der Waals surface area contributed by atoms with Gasteiger partial charge >= 0.3 is 5.95 Å². The molecular formula is C26H25N4O+. The number of hydrogen-bond donors (Lipinski definition) is 1. The summed E-state index contributed by atoms with van der Waals surface area (Å²) in [5.41, 5.74) is 4.83. The second kappa shape index (κ2) is 7.43. The van der Waals surface area contributed by atoms with Crippen molar-refractivity contribution in [3.63, 3.8) is 0 Å². The van der Waals surface area contributed by atoms with Gasteiger partial charge in [0.1, 0.15) is 16.6 Å². The van der Waals surface area contributed by atoms with Gasteiger partial charge in [0.15, 0.2) is 0 Å². The van der Waals surface area contributed by atoms with Gasteiger partial charge in [0.25, 0.3) is 5.91 Å². The molecule has 0 aliphatic rings. The van der Waals surface area contributed by atoms with Crippen LogP contribution in [-0.2, 0) is 0 Å². The van der Waals surface area contributed by atoms with E-state index in [1.165, 1.54) is 0 Å². The number of imidazole rings is 1. The lowest BCUT2D eigenvalue weighted by molar-refractivity contribution is -0.497. The van der Waals surface area contributed by atoms with Crippen LogP contribution in [0.25, 0.3) is 21.9 Å². The van der Waals surface area contributed by atoms with Crippen molar-refractivity contribution in [3.05, 3.63) is 96.2 Å². The zero-order valence-corrected chi connectivity index (χ0v) is 17.9. The van der Waals surface area contributed by atoms with E-state index in [1.54, 1.807) is 0 Å². The fourth-order valence-corrected chi connectivity index (χ4v) is 4.35. The van der Waals surface area contributed by atoms with E-state index in [2.05, 4.69) is 37.3 Å². The number of aromatic nitrogens is 2. The molecule has 3 aromatic heterocycles. The van der Waals surface area contributed by atoms with E-state index in [0.717, 1.165) is 33.4 Å². The van der Waals surface area contributed by atoms with Crippen LogP contribution in [0.4, 0.5) is 5.95 Å². The lowest BCUT2D eigenvalue weighted by Gasteiger charge is -2.15. The monoisotopic (exact) mass is 409 g/mol. The fourth-order valence-electron chi connectivity index (χ4n) is 4.35. The van der Waals surface area contributed by atoms with Crippen molar-refractivity contribution in [2.75, 3.05) is 19.0 Å². The van der Waals surface area contributed by atoms with Crippen LogP contribution in [0.3, 0.4) is 0 Å². The molecule has 5 nitrogen and oxygen atoms in total. The largest absolute Gasteiger partial charge is 0.369 e. The van der Waals surface area contributed by atoms with E-state index in [1.807, 2.05) is 87.7 Å². The molecule has 31 heavy (non-hydrogen) atoms. The first kappa shape index (κ1) is 19.1. The third kappa shape index (κ3) is 3.10. The number of benzene rings is 2. The fraction of sp³-hybridized carbons (Fsp3) is 0.154. The summed E-state index contributed by atoms with van der Waals surface area (Å²) < 4.78 is 4.39. The first-order valence-corrected chi connectivity index (χ1v) is 10.5. The molecule has 0 unspecified atom stereocenters. The maximum absolute atomic E-state index is 13.4. The molecule has 1 N–H and O–H groups in total. The molecule has 0 fully saturated rings. The first-order valence-electron chi connectivity index (χ1n) is 10.5. The van der Waals surface area contributed by atoms with Gasteiger partial charge < -0.3 is 5.32 Å². The number of amides is 1. The molecule has 2 aromatic carbocycles. The molecule has 0 radical (unpaired) electrons. The van der Waals surface area contributed by atoms with Gasteiger partial charge in [-0.15, -0.1) is 0 Å². The van der Waals surface area contributed by atoms with Crippen molar-refractivity contribution < 1.29 is 9.20 Å². The predicted octanol–water partition coefficient (Wildman–Crippen LogP) is 4.39. The van der Waals surface area contributed by atoms with Crippen LogP contribution in [0, 0.1) is 0 Å². The molecular weight excluding hydrogens is 384 g/mol. The van der Waals surface area contributed by atoms with Crippen molar-refractivity contribution in [1.29, 1.82) is 0 Å². The third-order valence-electron chi connectivity index (χ3n) is 5.79. The Hall–Kier alpha value is -3.86. The molecule has 0 saturated carbocycles. The summed E-state index contributed by atoms with van der Waals surface area (Å²) in [4.78, 5) is 15.5. The topological polar surface area (TPSA) is 40.9 Å². The summed E-state index contributed by atoms with van der Waals surface area (Å²) in [7, 11) is 4.08. The van der Waals surface area contributed by atoms with Crippen LogP contribution in [0.1, 0.15) is 28.9 Å². The number of para-hydroxylation sites is 1. The average Bonchev–Trinajstić information content (AvgIpc) is 3.14. The molecule has 5 rings (SSSR count). The first-order chi connectivity index (χ1) is 15.1. The second-order valence-corrected chi connectivity index (χ2v) is 8.05. The highest BCUT2D eigenvalue weighted by atomic mass is 16.1. The molecule has 5 aromatic rings. The summed E-state index contributed by atoms with van der Waals surface area (Å²) in [6.07, 6.45) is 2.06. The Morgan fingerprint density at radius 2 is 1.65 bits per heavy atom. The molecule has 1 atom stereocenters. The number of rotatable bonds is 4. The smallest absolute Gasteiger partial charge is 0.345 e. The predicted molar refractivity (Wildman–Crippen MR) is 125 cm³/mol.